The maximum Gasteiger partial charge on any atom is 0.325 e. The number of amides is 6. The van der Waals surface area contributed by atoms with E-state index in [1.54, 1.807) is 0 Å². The van der Waals surface area contributed by atoms with E-state index in [0.29, 0.717) is 13.0 Å². The molecule has 1 aromatic carbocycles. The molecule has 0 bridgehead atoms. The summed E-state index contributed by atoms with van der Waals surface area (Å²) in [7, 11) is 0. The van der Waals surface area contributed by atoms with Crippen molar-refractivity contribution < 1.29 is 19.2 Å². The fourth-order valence-electron chi connectivity index (χ4n) is 3.55. The van der Waals surface area contributed by atoms with Crippen LogP contribution in [0.4, 0.5) is 9.59 Å². The summed E-state index contributed by atoms with van der Waals surface area (Å²) in [5.41, 5.74) is 0.697. The van der Waals surface area contributed by atoms with Gasteiger partial charge in [-0.15, -0.1) is 0 Å². The molecular formula is C18H22N4O4. The lowest BCUT2D eigenvalue weighted by molar-refractivity contribution is -0.135. The predicted molar refractivity (Wildman–Crippen MR) is 93.1 cm³/mol. The Bertz CT molecular complexity index is 763. The number of imide groups is 2. The van der Waals surface area contributed by atoms with Gasteiger partial charge in [0.15, 0.2) is 0 Å². The first kappa shape index (κ1) is 17.9. The third-order valence-corrected chi connectivity index (χ3v) is 4.74. The normalized spacial score (nSPS) is 21.3. The fourth-order valence-corrected chi connectivity index (χ4v) is 3.55. The van der Waals surface area contributed by atoms with E-state index >= 15 is 0 Å². The molecule has 6 amide bonds. The van der Waals surface area contributed by atoms with Crippen LogP contribution >= 0.6 is 0 Å². The highest BCUT2D eigenvalue weighted by atomic mass is 16.2. The highest BCUT2D eigenvalue weighted by Crippen LogP contribution is 2.39. The van der Waals surface area contributed by atoms with Crippen molar-refractivity contribution in [3.05, 3.63) is 35.4 Å². The molecule has 3 N–H and O–H groups in total. The van der Waals surface area contributed by atoms with Crippen LogP contribution in [0.2, 0.25) is 0 Å². The van der Waals surface area contributed by atoms with E-state index in [1.807, 2.05) is 31.2 Å². The quantitative estimate of drug-likeness (QED) is 0.698. The van der Waals surface area contributed by atoms with Gasteiger partial charge in [-0.2, -0.15) is 0 Å². The minimum Gasteiger partial charge on any atom is -0.338 e. The maximum atomic E-state index is 13.0. The molecule has 0 radical (unpaired) electrons. The van der Waals surface area contributed by atoms with Crippen LogP contribution in [0, 0.1) is 0 Å². The Hall–Kier alpha value is -2.90. The van der Waals surface area contributed by atoms with Crippen molar-refractivity contribution in [1.29, 1.82) is 0 Å². The number of fused-ring (bicyclic) bond motifs is 2. The van der Waals surface area contributed by atoms with E-state index in [2.05, 4.69) is 16.0 Å². The largest absolute Gasteiger partial charge is 0.338 e. The molecule has 0 aromatic heterocycles. The number of aryl methyl sites for hydroxylation is 1. The summed E-state index contributed by atoms with van der Waals surface area (Å²) in [6.45, 7) is 1.83. The van der Waals surface area contributed by atoms with E-state index in [9.17, 15) is 19.2 Å². The number of hydrogen-bond donors (Lipinski definition) is 3. The van der Waals surface area contributed by atoms with Gasteiger partial charge < -0.3 is 10.6 Å². The summed E-state index contributed by atoms with van der Waals surface area (Å²) in [4.78, 5) is 49.9. The van der Waals surface area contributed by atoms with Crippen LogP contribution in [0.25, 0.3) is 0 Å². The van der Waals surface area contributed by atoms with Crippen molar-refractivity contribution in [1.82, 2.24) is 20.9 Å². The van der Waals surface area contributed by atoms with Crippen LogP contribution in [0.15, 0.2) is 24.3 Å². The van der Waals surface area contributed by atoms with Crippen LogP contribution in [-0.4, -0.2) is 41.9 Å². The van der Waals surface area contributed by atoms with Crippen LogP contribution in [0.5, 0.6) is 0 Å². The SMILES string of the molecule is CCCNC(=O)NC(=O)CN1C(=O)N[C@@]2(CCCc3ccccc32)C1=O. The van der Waals surface area contributed by atoms with Crippen LogP contribution in [0.1, 0.15) is 37.3 Å². The molecule has 26 heavy (non-hydrogen) atoms. The molecule has 1 atom stereocenters. The van der Waals surface area contributed by atoms with E-state index in [0.717, 1.165) is 35.3 Å². The Labute approximate surface area is 151 Å². The first-order valence-electron chi connectivity index (χ1n) is 8.78. The molecule has 1 aliphatic heterocycles. The van der Waals surface area contributed by atoms with Crippen molar-refractivity contribution in [2.24, 2.45) is 0 Å². The second-order valence-corrected chi connectivity index (χ2v) is 6.54. The number of rotatable bonds is 4. The number of hydrogen-bond acceptors (Lipinski definition) is 4. The zero-order chi connectivity index (χ0) is 18.7. The lowest BCUT2D eigenvalue weighted by atomic mass is 9.76. The zero-order valence-corrected chi connectivity index (χ0v) is 14.6. The predicted octanol–water partition coefficient (Wildman–Crippen LogP) is 1.01. The molecule has 1 heterocycles. The third-order valence-electron chi connectivity index (χ3n) is 4.74. The van der Waals surface area contributed by atoms with Crippen molar-refractivity contribution in [2.45, 2.75) is 38.1 Å². The van der Waals surface area contributed by atoms with E-state index in [-0.39, 0.29) is 0 Å². The molecule has 8 heteroatoms. The molecular weight excluding hydrogens is 336 g/mol. The lowest BCUT2D eigenvalue weighted by Gasteiger charge is -2.33. The average molecular weight is 358 g/mol. The van der Waals surface area contributed by atoms with E-state index in [4.69, 9.17) is 0 Å². The number of benzene rings is 1. The average Bonchev–Trinajstić information content (AvgIpc) is 2.85. The molecule has 2 aliphatic rings. The van der Waals surface area contributed by atoms with Gasteiger partial charge in [0.2, 0.25) is 5.91 Å². The van der Waals surface area contributed by atoms with Gasteiger partial charge in [0.05, 0.1) is 0 Å². The minimum atomic E-state index is -1.11. The van der Waals surface area contributed by atoms with E-state index < -0.39 is 36.0 Å². The third kappa shape index (κ3) is 3.14. The Balaban J connectivity index is 1.74. The summed E-state index contributed by atoms with van der Waals surface area (Å²) in [5, 5.41) is 7.41. The Morgan fingerprint density at radius 2 is 2.04 bits per heavy atom. The molecule has 1 aliphatic carbocycles. The number of nitrogens with zero attached hydrogens (tertiary/aromatic N) is 1. The molecule has 138 valence electrons. The summed E-state index contributed by atoms with van der Waals surface area (Å²) >= 11 is 0. The fraction of sp³-hybridized carbons (Fsp3) is 0.444. The zero-order valence-electron chi connectivity index (χ0n) is 14.6. The number of carbonyl (C=O) groups is 4. The second-order valence-electron chi connectivity index (χ2n) is 6.54. The molecule has 1 saturated heterocycles. The first-order valence-corrected chi connectivity index (χ1v) is 8.78. The van der Waals surface area contributed by atoms with Crippen molar-refractivity contribution in [3.63, 3.8) is 0 Å². The summed E-state index contributed by atoms with van der Waals surface area (Å²) in [5.74, 6) is -1.15. The molecule has 8 nitrogen and oxygen atoms in total. The van der Waals surface area contributed by atoms with Gasteiger partial charge in [-0.05, 0) is 36.8 Å². The smallest absolute Gasteiger partial charge is 0.325 e. The monoisotopic (exact) mass is 358 g/mol. The maximum absolute atomic E-state index is 13.0. The first-order chi connectivity index (χ1) is 12.5. The molecule has 3 rings (SSSR count). The van der Waals surface area contributed by atoms with E-state index in [1.165, 1.54) is 0 Å². The van der Waals surface area contributed by atoms with Crippen molar-refractivity contribution in [3.8, 4) is 0 Å². The van der Waals surface area contributed by atoms with Gasteiger partial charge in [0.25, 0.3) is 5.91 Å². The second kappa shape index (κ2) is 7.15. The highest BCUT2D eigenvalue weighted by molar-refractivity contribution is 6.10. The lowest BCUT2D eigenvalue weighted by Crippen LogP contribution is -2.48. The van der Waals surface area contributed by atoms with Gasteiger partial charge in [-0.1, -0.05) is 31.2 Å². The van der Waals surface area contributed by atoms with Gasteiger partial charge in [-0.3, -0.25) is 19.8 Å². The Morgan fingerprint density at radius 1 is 1.27 bits per heavy atom. The van der Waals surface area contributed by atoms with Crippen LogP contribution < -0.4 is 16.0 Å². The molecule has 0 unspecified atom stereocenters. The molecule has 1 aromatic rings. The number of urea groups is 2. The van der Waals surface area contributed by atoms with Gasteiger partial charge in [0.1, 0.15) is 12.1 Å². The van der Waals surface area contributed by atoms with Crippen LogP contribution in [-0.2, 0) is 21.5 Å². The highest BCUT2D eigenvalue weighted by Gasteiger charge is 2.54. The van der Waals surface area contributed by atoms with Crippen molar-refractivity contribution in [2.75, 3.05) is 13.1 Å². The molecule has 1 fully saturated rings. The Kier molecular flexibility index (Phi) is 4.92. The van der Waals surface area contributed by atoms with Gasteiger partial charge in [0, 0.05) is 6.54 Å². The summed E-state index contributed by atoms with van der Waals surface area (Å²) in [6, 6.07) is 6.27. The summed E-state index contributed by atoms with van der Waals surface area (Å²) < 4.78 is 0. The topological polar surface area (TPSA) is 108 Å². The molecule has 1 spiro atoms. The number of nitrogens with one attached hydrogen (secondary N) is 3. The van der Waals surface area contributed by atoms with Gasteiger partial charge >= 0.3 is 12.1 Å². The number of carbonyl (C=O) groups excluding carboxylic acids is 4. The van der Waals surface area contributed by atoms with Crippen molar-refractivity contribution >= 4 is 23.9 Å². The molecule has 0 saturated carbocycles. The Morgan fingerprint density at radius 3 is 2.81 bits per heavy atom. The standard InChI is InChI=1S/C18H22N4O4/c1-2-10-19-16(25)20-14(23)11-22-15(24)18(21-17(22)26)9-5-7-12-6-3-4-8-13(12)18/h3-4,6,8H,2,5,7,9-11H2,1H3,(H,21,26)(H2,19,20,23,25)/t18-/m1/s1. The summed E-state index contributed by atoms with van der Waals surface area (Å²) in [6.07, 6.45) is 2.84. The van der Waals surface area contributed by atoms with Crippen LogP contribution in [0.3, 0.4) is 0 Å². The van der Waals surface area contributed by atoms with Gasteiger partial charge in [-0.25, -0.2) is 9.59 Å². The minimum absolute atomic E-state index is 0.433.